The molecule has 0 saturated heterocycles. The van der Waals surface area contributed by atoms with Crippen molar-refractivity contribution < 1.29 is 9.94 Å². The monoisotopic (exact) mass is 149 g/mol. The molecular formula is C6H15NO3. The lowest BCUT2D eigenvalue weighted by Gasteiger charge is -1.92. The second-order valence-electron chi connectivity index (χ2n) is 2.32. The Morgan fingerprint density at radius 2 is 1.60 bits per heavy atom. The summed E-state index contributed by atoms with van der Waals surface area (Å²) in [6.07, 6.45) is -0.248. The van der Waals surface area contributed by atoms with Crippen LogP contribution in [0, 0.1) is 4.91 Å². The third kappa shape index (κ3) is 53.5. The molecule has 0 aromatic carbocycles. The summed E-state index contributed by atoms with van der Waals surface area (Å²) in [5, 5.41) is 10.2. The molecule has 1 N–H and O–H groups in total. The second-order valence-corrected chi connectivity index (χ2v) is 2.32. The van der Waals surface area contributed by atoms with Crippen molar-refractivity contribution in [1.29, 1.82) is 0 Å². The molecule has 4 heteroatoms. The minimum Gasteiger partial charge on any atom is -0.394 e. The van der Waals surface area contributed by atoms with Gasteiger partial charge in [-0.2, -0.15) is 0 Å². The SMILES string of the molecule is CC(C)O.CC(C)ON=O. The molecule has 0 atom stereocenters. The molecule has 0 aromatic heterocycles. The van der Waals surface area contributed by atoms with Gasteiger partial charge in [-0.05, 0) is 27.7 Å². The third-order valence-corrected chi connectivity index (χ3v) is 0.254. The molecule has 10 heavy (non-hydrogen) atoms. The van der Waals surface area contributed by atoms with Crippen molar-refractivity contribution in [2.75, 3.05) is 0 Å². The highest BCUT2D eigenvalue weighted by Gasteiger charge is 1.85. The summed E-state index contributed by atoms with van der Waals surface area (Å²) in [4.78, 5) is 13.3. The van der Waals surface area contributed by atoms with Gasteiger partial charge in [0.25, 0.3) is 0 Å². The first-order valence-corrected chi connectivity index (χ1v) is 3.17. The summed E-state index contributed by atoms with van der Waals surface area (Å²) in [7, 11) is 0. The van der Waals surface area contributed by atoms with Crippen LogP contribution in [0.4, 0.5) is 0 Å². The minimum atomic E-state index is -0.167. The standard InChI is InChI=1S/C3H7NO2.C3H8O/c1-3(2)6-4-5;1-3(2)4/h3H,1-2H3;3-4H,1-2H3. The van der Waals surface area contributed by atoms with Gasteiger partial charge in [0, 0.05) is 6.10 Å². The lowest BCUT2D eigenvalue weighted by molar-refractivity contribution is 0.0819. The molecule has 0 amide bonds. The molecule has 0 bridgehead atoms. The van der Waals surface area contributed by atoms with E-state index >= 15 is 0 Å². The van der Waals surface area contributed by atoms with E-state index in [2.05, 4.69) is 10.2 Å². The van der Waals surface area contributed by atoms with E-state index in [0.29, 0.717) is 0 Å². The fourth-order valence-corrected chi connectivity index (χ4v) is 0.0861. The zero-order valence-electron chi connectivity index (χ0n) is 6.87. The number of aliphatic hydroxyl groups is 1. The molecule has 4 nitrogen and oxygen atoms in total. The highest BCUT2D eigenvalue weighted by Crippen LogP contribution is 1.84. The Balaban J connectivity index is 0. The Morgan fingerprint density at radius 1 is 1.30 bits per heavy atom. The second kappa shape index (κ2) is 8.36. The van der Waals surface area contributed by atoms with Gasteiger partial charge in [-0.15, -0.1) is 4.91 Å². The fraction of sp³-hybridized carbons (Fsp3) is 1.00. The Bertz CT molecular complexity index is 70.6. The van der Waals surface area contributed by atoms with Crippen LogP contribution in [0.3, 0.4) is 0 Å². The first kappa shape index (κ1) is 12.1. The Morgan fingerprint density at radius 3 is 1.60 bits per heavy atom. The number of aliphatic hydroxyl groups excluding tert-OH is 1. The van der Waals surface area contributed by atoms with Gasteiger partial charge in [0.1, 0.15) is 6.10 Å². The van der Waals surface area contributed by atoms with Crippen molar-refractivity contribution in [3.8, 4) is 0 Å². The Kier molecular flexibility index (Phi) is 10.1. The molecule has 0 aromatic rings. The van der Waals surface area contributed by atoms with Gasteiger partial charge in [-0.3, -0.25) is 0 Å². The number of nitrogens with zero attached hydrogens (tertiary/aromatic N) is 1. The lowest BCUT2D eigenvalue weighted by Crippen LogP contribution is -1.93. The minimum absolute atomic E-state index is 0.0810. The lowest BCUT2D eigenvalue weighted by atomic mass is 10.5. The molecule has 0 unspecified atom stereocenters. The van der Waals surface area contributed by atoms with Gasteiger partial charge >= 0.3 is 0 Å². The molecule has 0 radical (unpaired) electrons. The molecule has 0 heterocycles. The van der Waals surface area contributed by atoms with Gasteiger partial charge in [-0.1, -0.05) is 0 Å². The van der Waals surface area contributed by atoms with Gasteiger partial charge in [0.15, 0.2) is 5.34 Å². The normalized spacial score (nSPS) is 8.70. The van der Waals surface area contributed by atoms with Crippen LogP contribution in [0.1, 0.15) is 27.7 Å². The van der Waals surface area contributed by atoms with E-state index in [9.17, 15) is 0 Å². The fourth-order valence-electron chi connectivity index (χ4n) is 0.0861. The molecule has 0 spiro atoms. The van der Waals surface area contributed by atoms with Crippen LogP contribution in [0.2, 0.25) is 0 Å². The van der Waals surface area contributed by atoms with E-state index in [1.807, 2.05) is 0 Å². The summed E-state index contributed by atoms with van der Waals surface area (Å²) in [6.45, 7) is 6.92. The molecular weight excluding hydrogens is 134 g/mol. The maximum atomic E-state index is 9.14. The van der Waals surface area contributed by atoms with Crippen LogP contribution >= 0.6 is 0 Å². The van der Waals surface area contributed by atoms with Crippen molar-refractivity contribution >= 4 is 0 Å². The number of hydrogen-bond acceptors (Lipinski definition) is 4. The third-order valence-electron chi connectivity index (χ3n) is 0.254. The molecule has 0 aliphatic carbocycles. The highest BCUT2D eigenvalue weighted by atomic mass is 16.7. The van der Waals surface area contributed by atoms with Crippen molar-refractivity contribution in [3.05, 3.63) is 4.91 Å². The summed E-state index contributed by atoms with van der Waals surface area (Å²) in [5.41, 5.74) is 0. The molecule has 0 aliphatic heterocycles. The highest BCUT2D eigenvalue weighted by molar-refractivity contribution is 4.28. The molecule has 0 saturated carbocycles. The largest absolute Gasteiger partial charge is 0.394 e. The molecule has 62 valence electrons. The van der Waals surface area contributed by atoms with E-state index < -0.39 is 0 Å². The maximum absolute atomic E-state index is 9.14. The van der Waals surface area contributed by atoms with Crippen molar-refractivity contribution in [2.45, 2.75) is 39.9 Å². The maximum Gasteiger partial charge on any atom is 0.155 e. The number of rotatable bonds is 2. The first-order valence-electron chi connectivity index (χ1n) is 3.17. The van der Waals surface area contributed by atoms with Gasteiger partial charge in [0.2, 0.25) is 0 Å². The summed E-state index contributed by atoms with van der Waals surface area (Å²) >= 11 is 0. The van der Waals surface area contributed by atoms with E-state index in [1.165, 1.54) is 0 Å². The predicted molar refractivity (Wildman–Crippen MR) is 39.4 cm³/mol. The van der Waals surface area contributed by atoms with E-state index in [4.69, 9.17) is 10.0 Å². The first-order chi connectivity index (χ1) is 4.50. The van der Waals surface area contributed by atoms with Crippen LogP contribution in [0.15, 0.2) is 5.34 Å². The van der Waals surface area contributed by atoms with Crippen LogP contribution < -0.4 is 0 Å². The molecule has 0 rings (SSSR count). The summed E-state index contributed by atoms with van der Waals surface area (Å²) < 4.78 is 0. The van der Waals surface area contributed by atoms with E-state index in [1.54, 1.807) is 27.7 Å². The van der Waals surface area contributed by atoms with Crippen LogP contribution in [-0.2, 0) is 4.84 Å². The van der Waals surface area contributed by atoms with Gasteiger partial charge in [-0.25, -0.2) is 0 Å². The predicted octanol–water partition coefficient (Wildman–Crippen LogP) is 1.48. The van der Waals surface area contributed by atoms with Crippen molar-refractivity contribution in [1.82, 2.24) is 0 Å². The van der Waals surface area contributed by atoms with Crippen LogP contribution in [0.25, 0.3) is 0 Å². The average Bonchev–Trinajstić information content (AvgIpc) is 1.62. The molecule has 0 fully saturated rings. The zero-order valence-corrected chi connectivity index (χ0v) is 6.87. The Labute approximate surface area is 61.1 Å². The van der Waals surface area contributed by atoms with E-state index in [-0.39, 0.29) is 12.2 Å². The van der Waals surface area contributed by atoms with Crippen molar-refractivity contribution in [2.24, 2.45) is 5.34 Å². The summed E-state index contributed by atoms with van der Waals surface area (Å²) in [5.74, 6) is 0. The topological polar surface area (TPSA) is 58.9 Å². The average molecular weight is 149 g/mol. The molecule has 0 aliphatic rings. The van der Waals surface area contributed by atoms with Gasteiger partial charge in [0.05, 0.1) is 0 Å². The van der Waals surface area contributed by atoms with Crippen molar-refractivity contribution in [3.63, 3.8) is 0 Å². The number of hydrogen-bond donors (Lipinski definition) is 1. The quantitative estimate of drug-likeness (QED) is 0.478. The van der Waals surface area contributed by atoms with Crippen LogP contribution in [0.5, 0.6) is 0 Å². The Hall–Kier alpha value is -0.640. The smallest absolute Gasteiger partial charge is 0.155 e. The van der Waals surface area contributed by atoms with Crippen LogP contribution in [-0.4, -0.2) is 17.3 Å². The van der Waals surface area contributed by atoms with Gasteiger partial charge < -0.3 is 9.94 Å². The summed E-state index contributed by atoms with van der Waals surface area (Å²) in [6, 6.07) is 0. The van der Waals surface area contributed by atoms with E-state index in [0.717, 1.165) is 0 Å². The zero-order chi connectivity index (χ0) is 8.57.